The van der Waals surface area contributed by atoms with Gasteiger partial charge in [-0.1, -0.05) is 20.8 Å². The molecule has 6 heteroatoms. The summed E-state index contributed by atoms with van der Waals surface area (Å²) in [7, 11) is 0. The van der Waals surface area contributed by atoms with Crippen molar-refractivity contribution in [3.8, 4) is 5.75 Å². The molecule has 0 aromatic heterocycles. The van der Waals surface area contributed by atoms with Crippen LogP contribution in [0.2, 0.25) is 0 Å². The van der Waals surface area contributed by atoms with Crippen LogP contribution in [0.3, 0.4) is 0 Å². The van der Waals surface area contributed by atoms with Crippen LogP contribution < -0.4 is 4.74 Å². The molecular weight excluding hydrogens is 310 g/mol. The van der Waals surface area contributed by atoms with Crippen molar-refractivity contribution in [2.24, 2.45) is 17.3 Å². The average molecular weight is 333 g/mol. The Bertz CT molecular complexity index is 693. The largest absolute Gasteiger partial charge is 0.479 e. The van der Waals surface area contributed by atoms with Gasteiger partial charge in [-0.15, -0.1) is 0 Å². The molecule has 3 unspecified atom stereocenters. The van der Waals surface area contributed by atoms with Crippen molar-refractivity contribution in [3.63, 3.8) is 0 Å². The molecule has 130 valence electrons. The zero-order chi connectivity index (χ0) is 17.7. The quantitative estimate of drug-likeness (QED) is 0.656. The number of nitro benzene ring substituents is 1. The molecule has 24 heavy (non-hydrogen) atoms. The molecule has 2 saturated carbocycles. The van der Waals surface area contributed by atoms with E-state index in [9.17, 15) is 20.0 Å². The second-order valence-corrected chi connectivity index (χ2v) is 8.07. The minimum atomic E-state index is -1.12. The van der Waals surface area contributed by atoms with Crippen LogP contribution in [0.4, 0.5) is 5.69 Å². The van der Waals surface area contributed by atoms with Gasteiger partial charge in [0.1, 0.15) is 5.60 Å². The number of aromatic carboxylic acids is 1. The van der Waals surface area contributed by atoms with Crippen molar-refractivity contribution < 1.29 is 19.6 Å². The van der Waals surface area contributed by atoms with Gasteiger partial charge in [0.05, 0.1) is 10.5 Å². The van der Waals surface area contributed by atoms with Crippen LogP contribution in [0.5, 0.6) is 5.75 Å². The number of benzene rings is 1. The summed E-state index contributed by atoms with van der Waals surface area (Å²) in [5.41, 5.74) is -0.855. The molecule has 6 nitrogen and oxygen atoms in total. The van der Waals surface area contributed by atoms with Crippen molar-refractivity contribution >= 4 is 11.7 Å². The molecule has 2 aliphatic carbocycles. The van der Waals surface area contributed by atoms with E-state index in [2.05, 4.69) is 20.8 Å². The molecule has 0 heterocycles. The second-order valence-electron chi connectivity index (χ2n) is 8.07. The lowest BCUT2D eigenvalue weighted by Gasteiger charge is -2.47. The first-order chi connectivity index (χ1) is 11.1. The van der Waals surface area contributed by atoms with E-state index in [1.807, 2.05) is 0 Å². The van der Waals surface area contributed by atoms with E-state index in [0.29, 0.717) is 11.8 Å². The number of carboxylic acids is 1. The van der Waals surface area contributed by atoms with Gasteiger partial charge in [0.25, 0.3) is 0 Å². The minimum Gasteiger partial charge on any atom is -0.479 e. The molecule has 2 fully saturated rings. The normalized spacial score (nSPS) is 28.8. The summed E-state index contributed by atoms with van der Waals surface area (Å²) in [4.78, 5) is 22.1. The standard InChI is InChI=1S/C18H23NO5/c1-17(2,3)18(10-11-4-6-13(18)8-11)24-15-9-12(16(20)21)5-7-14(15)19(22)23/h5,7,9,11,13H,4,6,8,10H2,1-3H3,(H,20,21). The highest BCUT2D eigenvalue weighted by Crippen LogP contribution is 2.59. The van der Waals surface area contributed by atoms with Crippen molar-refractivity contribution in [1.29, 1.82) is 0 Å². The lowest BCUT2D eigenvalue weighted by Crippen LogP contribution is -2.52. The minimum absolute atomic E-state index is 0.00261. The smallest absolute Gasteiger partial charge is 0.335 e. The van der Waals surface area contributed by atoms with Gasteiger partial charge in [-0.25, -0.2) is 4.79 Å². The van der Waals surface area contributed by atoms with E-state index < -0.39 is 16.5 Å². The summed E-state index contributed by atoms with van der Waals surface area (Å²) in [6, 6.07) is 3.76. The Morgan fingerprint density at radius 3 is 2.54 bits per heavy atom. The molecule has 0 radical (unpaired) electrons. The molecule has 0 aliphatic heterocycles. The van der Waals surface area contributed by atoms with E-state index in [-0.39, 0.29) is 22.4 Å². The third-order valence-corrected chi connectivity index (χ3v) is 5.76. The molecule has 1 aromatic carbocycles. The fourth-order valence-corrected chi connectivity index (χ4v) is 4.55. The molecule has 0 spiro atoms. The maximum absolute atomic E-state index is 11.4. The maximum atomic E-state index is 11.4. The van der Waals surface area contributed by atoms with E-state index in [1.165, 1.54) is 24.6 Å². The van der Waals surface area contributed by atoms with Gasteiger partial charge in [0.15, 0.2) is 5.75 Å². The van der Waals surface area contributed by atoms with E-state index in [0.717, 1.165) is 19.3 Å². The predicted molar refractivity (Wildman–Crippen MR) is 88.3 cm³/mol. The summed E-state index contributed by atoms with van der Waals surface area (Å²) in [6.45, 7) is 6.29. The molecule has 0 saturated heterocycles. The van der Waals surface area contributed by atoms with Gasteiger partial charge in [-0.2, -0.15) is 0 Å². The Labute approximate surface area is 141 Å². The fraction of sp³-hybridized carbons (Fsp3) is 0.611. The lowest BCUT2D eigenvalue weighted by atomic mass is 9.67. The summed E-state index contributed by atoms with van der Waals surface area (Å²) >= 11 is 0. The Hall–Kier alpha value is -2.11. The first kappa shape index (κ1) is 16.7. The van der Waals surface area contributed by atoms with Gasteiger partial charge in [-0.05, 0) is 43.6 Å². The molecule has 1 N–H and O–H groups in total. The Morgan fingerprint density at radius 1 is 1.38 bits per heavy atom. The van der Waals surface area contributed by atoms with E-state index >= 15 is 0 Å². The third kappa shape index (κ3) is 2.54. The first-order valence-corrected chi connectivity index (χ1v) is 8.35. The van der Waals surface area contributed by atoms with Crippen LogP contribution in [0.1, 0.15) is 56.8 Å². The topological polar surface area (TPSA) is 89.7 Å². The van der Waals surface area contributed by atoms with Crippen molar-refractivity contribution in [3.05, 3.63) is 33.9 Å². The molecule has 1 aromatic rings. The summed E-state index contributed by atoms with van der Waals surface area (Å²) in [6.07, 6.45) is 4.21. The van der Waals surface area contributed by atoms with E-state index in [4.69, 9.17) is 4.74 Å². The average Bonchev–Trinajstić information content (AvgIpc) is 3.07. The molecule has 2 bridgehead atoms. The van der Waals surface area contributed by atoms with Crippen LogP contribution in [-0.2, 0) is 0 Å². The zero-order valence-electron chi connectivity index (χ0n) is 14.2. The highest BCUT2D eigenvalue weighted by atomic mass is 16.6. The van der Waals surface area contributed by atoms with E-state index in [1.54, 1.807) is 0 Å². The Morgan fingerprint density at radius 2 is 2.08 bits per heavy atom. The molecule has 0 amide bonds. The van der Waals surface area contributed by atoms with Gasteiger partial charge in [-0.3, -0.25) is 10.1 Å². The van der Waals surface area contributed by atoms with Crippen molar-refractivity contribution in [2.45, 2.75) is 52.1 Å². The number of nitrogens with zero attached hydrogens (tertiary/aromatic N) is 1. The SMILES string of the molecule is CC(C)(C)C1(Oc2cc(C(=O)O)ccc2[N+](=O)[O-])CC2CCC1C2. The summed E-state index contributed by atoms with van der Waals surface area (Å²) in [5, 5.41) is 20.6. The van der Waals surface area contributed by atoms with Crippen LogP contribution in [0.25, 0.3) is 0 Å². The molecule has 2 aliphatic rings. The number of carbonyl (C=O) groups is 1. The number of hydrogen-bond acceptors (Lipinski definition) is 4. The summed E-state index contributed by atoms with van der Waals surface area (Å²) in [5.74, 6) is -0.0959. The predicted octanol–water partition coefficient (Wildman–Crippen LogP) is 4.28. The van der Waals surface area contributed by atoms with Crippen LogP contribution in [0.15, 0.2) is 18.2 Å². The summed E-state index contributed by atoms with van der Waals surface area (Å²) < 4.78 is 6.34. The number of carboxylic acid groups (broad SMARTS) is 1. The van der Waals surface area contributed by atoms with Crippen molar-refractivity contribution in [2.75, 3.05) is 0 Å². The van der Waals surface area contributed by atoms with Gasteiger partial charge >= 0.3 is 11.7 Å². The number of hydrogen-bond donors (Lipinski definition) is 1. The second kappa shape index (κ2) is 5.46. The van der Waals surface area contributed by atoms with Crippen LogP contribution in [0, 0.1) is 27.4 Å². The number of fused-ring (bicyclic) bond motifs is 2. The molecule has 3 atom stereocenters. The van der Waals surface area contributed by atoms with Gasteiger partial charge in [0.2, 0.25) is 0 Å². The van der Waals surface area contributed by atoms with Crippen LogP contribution >= 0.6 is 0 Å². The maximum Gasteiger partial charge on any atom is 0.335 e. The monoisotopic (exact) mass is 333 g/mol. The Kier molecular flexibility index (Phi) is 3.81. The zero-order valence-corrected chi connectivity index (χ0v) is 14.2. The first-order valence-electron chi connectivity index (χ1n) is 8.35. The number of ether oxygens (including phenoxy) is 1. The highest BCUT2D eigenvalue weighted by molar-refractivity contribution is 5.88. The molecular formula is C18H23NO5. The van der Waals surface area contributed by atoms with Gasteiger partial charge in [0, 0.05) is 17.5 Å². The lowest BCUT2D eigenvalue weighted by molar-refractivity contribution is -0.386. The van der Waals surface area contributed by atoms with Gasteiger partial charge < -0.3 is 9.84 Å². The highest BCUT2D eigenvalue weighted by Gasteiger charge is 2.59. The fourth-order valence-electron chi connectivity index (χ4n) is 4.55. The number of rotatable bonds is 4. The van der Waals surface area contributed by atoms with Crippen molar-refractivity contribution in [1.82, 2.24) is 0 Å². The Balaban J connectivity index is 2.06. The molecule has 3 rings (SSSR count). The van der Waals surface area contributed by atoms with Crippen LogP contribution in [-0.4, -0.2) is 21.6 Å². The third-order valence-electron chi connectivity index (χ3n) is 5.76. The number of nitro groups is 1.